The smallest absolute Gasteiger partial charge is 0.255 e. The number of benzene rings is 1. The third kappa shape index (κ3) is 3.64. The molecule has 0 aliphatic rings. The first-order valence-electron chi connectivity index (χ1n) is 5.26. The minimum absolute atomic E-state index is 0.194. The topological polar surface area (TPSA) is 67.8 Å². The van der Waals surface area contributed by atoms with Crippen LogP contribution in [0.15, 0.2) is 18.2 Å². The van der Waals surface area contributed by atoms with E-state index >= 15 is 0 Å². The van der Waals surface area contributed by atoms with Gasteiger partial charge in [-0.1, -0.05) is 0 Å². The normalized spacial score (nSPS) is 11.8. The van der Waals surface area contributed by atoms with Crippen molar-refractivity contribution in [3.05, 3.63) is 23.8 Å². The Labute approximate surface area is 100 Å². The molecular weight excluding hydrogens is 222 g/mol. The van der Waals surface area contributed by atoms with Gasteiger partial charge in [0.2, 0.25) is 0 Å². The van der Waals surface area contributed by atoms with Crippen LogP contribution < -0.4 is 14.8 Å². The minimum Gasteiger partial charge on any atom is -0.497 e. The summed E-state index contributed by atoms with van der Waals surface area (Å²) >= 11 is 0. The molecule has 0 heterocycles. The predicted octanol–water partition coefficient (Wildman–Crippen LogP) is 0.814. The van der Waals surface area contributed by atoms with Crippen molar-refractivity contribution in [1.29, 1.82) is 0 Å². The summed E-state index contributed by atoms with van der Waals surface area (Å²) in [7, 11) is 3.02. The molecule has 5 heteroatoms. The van der Waals surface area contributed by atoms with Crippen LogP contribution in [0.1, 0.15) is 17.3 Å². The van der Waals surface area contributed by atoms with E-state index in [2.05, 4.69) is 5.32 Å². The largest absolute Gasteiger partial charge is 0.497 e. The second kappa shape index (κ2) is 6.10. The van der Waals surface area contributed by atoms with Gasteiger partial charge in [0.1, 0.15) is 11.5 Å². The van der Waals surface area contributed by atoms with Crippen LogP contribution in [0.3, 0.4) is 0 Å². The first kappa shape index (κ1) is 13.3. The number of amides is 1. The summed E-state index contributed by atoms with van der Waals surface area (Å²) in [5.41, 5.74) is 0.382. The molecule has 1 amide bonds. The Morgan fingerprint density at radius 1 is 1.41 bits per heavy atom. The Bertz CT molecular complexity index is 390. The number of carbonyl (C=O) groups is 1. The maximum Gasteiger partial charge on any atom is 0.255 e. The molecule has 1 atom stereocenters. The number of hydrogen-bond acceptors (Lipinski definition) is 4. The fraction of sp³-hybridized carbons (Fsp3) is 0.417. The molecule has 17 heavy (non-hydrogen) atoms. The van der Waals surface area contributed by atoms with Crippen LogP contribution in [0.2, 0.25) is 0 Å². The van der Waals surface area contributed by atoms with Crippen molar-refractivity contribution in [1.82, 2.24) is 5.32 Å². The van der Waals surface area contributed by atoms with Crippen molar-refractivity contribution in [2.24, 2.45) is 0 Å². The van der Waals surface area contributed by atoms with E-state index < -0.39 is 6.10 Å². The quantitative estimate of drug-likeness (QED) is 0.798. The zero-order chi connectivity index (χ0) is 12.8. The van der Waals surface area contributed by atoms with Crippen LogP contribution in [-0.2, 0) is 0 Å². The predicted molar refractivity (Wildman–Crippen MR) is 63.6 cm³/mol. The van der Waals surface area contributed by atoms with Crippen molar-refractivity contribution >= 4 is 5.91 Å². The highest BCUT2D eigenvalue weighted by Gasteiger charge is 2.13. The summed E-state index contributed by atoms with van der Waals surface area (Å²) < 4.78 is 10.1. The zero-order valence-corrected chi connectivity index (χ0v) is 10.2. The van der Waals surface area contributed by atoms with E-state index in [0.717, 1.165) is 0 Å². The van der Waals surface area contributed by atoms with Gasteiger partial charge in [0.25, 0.3) is 5.91 Å². The molecule has 94 valence electrons. The number of rotatable bonds is 5. The summed E-state index contributed by atoms with van der Waals surface area (Å²) in [4.78, 5) is 11.8. The SMILES string of the molecule is COc1ccc(OC)c(C(=O)NC[C@@H](C)O)c1. The lowest BCUT2D eigenvalue weighted by atomic mass is 10.1. The van der Waals surface area contributed by atoms with Gasteiger partial charge in [-0.3, -0.25) is 4.79 Å². The Balaban J connectivity index is 2.89. The van der Waals surface area contributed by atoms with Crippen molar-refractivity contribution in [2.45, 2.75) is 13.0 Å². The van der Waals surface area contributed by atoms with Gasteiger partial charge in [-0.25, -0.2) is 0 Å². The first-order valence-corrected chi connectivity index (χ1v) is 5.26. The molecule has 0 aromatic heterocycles. The Kier molecular flexibility index (Phi) is 4.78. The van der Waals surface area contributed by atoms with Gasteiger partial charge < -0.3 is 19.9 Å². The Morgan fingerprint density at radius 3 is 2.65 bits per heavy atom. The number of nitrogens with one attached hydrogen (secondary N) is 1. The summed E-state index contributed by atoms with van der Waals surface area (Å²) in [5, 5.41) is 11.7. The number of aliphatic hydroxyl groups excluding tert-OH is 1. The van der Waals surface area contributed by atoms with E-state index in [-0.39, 0.29) is 12.5 Å². The second-order valence-corrected chi connectivity index (χ2v) is 3.63. The van der Waals surface area contributed by atoms with E-state index in [0.29, 0.717) is 17.1 Å². The molecule has 1 aromatic rings. The lowest BCUT2D eigenvalue weighted by Crippen LogP contribution is -2.30. The number of ether oxygens (including phenoxy) is 2. The highest BCUT2D eigenvalue weighted by molar-refractivity contribution is 5.97. The van der Waals surface area contributed by atoms with Gasteiger partial charge in [-0.15, -0.1) is 0 Å². The molecule has 1 aromatic carbocycles. The number of methoxy groups -OCH3 is 2. The lowest BCUT2D eigenvalue weighted by Gasteiger charge is -2.11. The monoisotopic (exact) mass is 239 g/mol. The number of aliphatic hydroxyl groups is 1. The fourth-order valence-corrected chi connectivity index (χ4v) is 1.33. The number of hydrogen-bond donors (Lipinski definition) is 2. The Hall–Kier alpha value is -1.75. The molecule has 0 saturated heterocycles. The van der Waals surface area contributed by atoms with Crippen molar-refractivity contribution in [2.75, 3.05) is 20.8 Å². The third-order valence-corrected chi connectivity index (χ3v) is 2.21. The third-order valence-electron chi connectivity index (χ3n) is 2.21. The Morgan fingerprint density at radius 2 is 2.12 bits per heavy atom. The van der Waals surface area contributed by atoms with Crippen LogP contribution in [-0.4, -0.2) is 37.9 Å². The van der Waals surface area contributed by atoms with Crippen LogP contribution in [0, 0.1) is 0 Å². The van der Waals surface area contributed by atoms with E-state index in [4.69, 9.17) is 14.6 Å². The molecule has 0 saturated carbocycles. The van der Waals surface area contributed by atoms with Crippen LogP contribution in [0.25, 0.3) is 0 Å². The van der Waals surface area contributed by atoms with Gasteiger partial charge in [0, 0.05) is 6.54 Å². The molecule has 0 bridgehead atoms. The average Bonchev–Trinajstić information content (AvgIpc) is 2.34. The molecule has 1 rings (SSSR count). The first-order chi connectivity index (χ1) is 8.08. The summed E-state index contributed by atoms with van der Waals surface area (Å²) in [5.74, 6) is 0.739. The molecule has 5 nitrogen and oxygen atoms in total. The maximum absolute atomic E-state index is 11.8. The average molecular weight is 239 g/mol. The molecule has 0 aliphatic carbocycles. The molecular formula is C12H17NO4. The number of carbonyl (C=O) groups excluding carboxylic acids is 1. The molecule has 2 N–H and O–H groups in total. The maximum atomic E-state index is 11.8. The minimum atomic E-state index is -0.587. The summed E-state index contributed by atoms with van der Waals surface area (Å²) in [6, 6.07) is 4.97. The van der Waals surface area contributed by atoms with Crippen LogP contribution in [0.4, 0.5) is 0 Å². The van der Waals surface area contributed by atoms with Crippen LogP contribution in [0.5, 0.6) is 11.5 Å². The van der Waals surface area contributed by atoms with Gasteiger partial charge in [0.15, 0.2) is 0 Å². The van der Waals surface area contributed by atoms with Gasteiger partial charge in [-0.2, -0.15) is 0 Å². The van der Waals surface area contributed by atoms with E-state index in [1.54, 1.807) is 25.1 Å². The van der Waals surface area contributed by atoms with Gasteiger partial charge in [-0.05, 0) is 25.1 Å². The summed E-state index contributed by atoms with van der Waals surface area (Å²) in [6.07, 6.45) is -0.587. The van der Waals surface area contributed by atoms with Crippen LogP contribution >= 0.6 is 0 Å². The highest BCUT2D eigenvalue weighted by Crippen LogP contribution is 2.23. The molecule has 0 fully saturated rings. The molecule has 0 aliphatic heterocycles. The van der Waals surface area contributed by atoms with Crippen molar-refractivity contribution < 1.29 is 19.4 Å². The van der Waals surface area contributed by atoms with Crippen molar-refractivity contribution in [3.8, 4) is 11.5 Å². The molecule has 0 radical (unpaired) electrons. The van der Waals surface area contributed by atoms with Gasteiger partial charge >= 0.3 is 0 Å². The van der Waals surface area contributed by atoms with E-state index in [1.807, 2.05) is 0 Å². The summed E-state index contributed by atoms with van der Waals surface area (Å²) in [6.45, 7) is 1.79. The van der Waals surface area contributed by atoms with E-state index in [1.165, 1.54) is 14.2 Å². The zero-order valence-electron chi connectivity index (χ0n) is 10.2. The van der Waals surface area contributed by atoms with Crippen molar-refractivity contribution in [3.63, 3.8) is 0 Å². The fourth-order valence-electron chi connectivity index (χ4n) is 1.33. The highest BCUT2D eigenvalue weighted by atomic mass is 16.5. The standard InChI is InChI=1S/C12H17NO4/c1-8(14)7-13-12(15)10-6-9(16-2)4-5-11(10)17-3/h4-6,8,14H,7H2,1-3H3,(H,13,15)/t8-/m1/s1. The molecule has 0 unspecified atom stereocenters. The second-order valence-electron chi connectivity index (χ2n) is 3.63. The van der Waals surface area contributed by atoms with E-state index in [9.17, 15) is 4.79 Å². The molecule has 0 spiro atoms. The lowest BCUT2D eigenvalue weighted by molar-refractivity contribution is 0.0920. The van der Waals surface area contributed by atoms with Gasteiger partial charge in [0.05, 0.1) is 25.9 Å².